The largest absolute Gasteiger partial charge is 0.477 e. The van der Waals surface area contributed by atoms with Crippen LogP contribution in [0.15, 0.2) is 53.3 Å². The van der Waals surface area contributed by atoms with E-state index in [9.17, 15) is 4.79 Å². The fraction of sp³-hybridized carbons (Fsp3) is 0.438. The van der Waals surface area contributed by atoms with Gasteiger partial charge >= 0.3 is 0 Å². The molecule has 4 heterocycles. The third-order valence-electron chi connectivity index (χ3n) is 7.06. The maximum atomic E-state index is 12.6. The van der Waals surface area contributed by atoms with Gasteiger partial charge in [-0.15, -0.1) is 0 Å². The van der Waals surface area contributed by atoms with Crippen LogP contribution in [0.25, 0.3) is 5.65 Å². The van der Waals surface area contributed by atoms with E-state index in [0.717, 1.165) is 35.4 Å². The van der Waals surface area contributed by atoms with Crippen molar-refractivity contribution in [2.24, 2.45) is 0 Å². The monoisotopic (exact) mass is 539 g/mol. The first-order valence-corrected chi connectivity index (χ1v) is 14.1. The van der Waals surface area contributed by atoms with Crippen LogP contribution >= 0.6 is 0 Å². The summed E-state index contributed by atoms with van der Waals surface area (Å²) in [6, 6.07) is 11.4. The zero-order valence-electron chi connectivity index (χ0n) is 23.7. The number of hydrogen-bond acceptors (Lipinski definition) is 7. The molecular weight excluding hydrogens is 502 g/mol. The van der Waals surface area contributed by atoms with Crippen molar-refractivity contribution in [1.29, 1.82) is 0 Å². The Balaban J connectivity index is 1.16. The van der Waals surface area contributed by atoms with Gasteiger partial charge in [-0.1, -0.05) is 56.3 Å². The number of fused-ring (bicyclic) bond motifs is 1. The van der Waals surface area contributed by atoms with Gasteiger partial charge in [0.1, 0.15) is 11.5 Å². The minimum absolute atomic E-state index is 0.0922. The SMILES string of the molecule is CC(C)(C)c1cc(CC(=O)Cc2ccc(C#Cc3cnn4c(OCCCN5CCCCC5)ccnc34)cc2)no1. The number of ketones is 1. The summed E-state index contributed by atoms with van der Waals surface area (Å²) in [7, 11) is 0. The number of piperidine rings is 1. The zero-order valence-corrected chi connectivity index (χ0v) is 23.7. The molecule has 208 valence electrons. The highest BCUT2D eigenvalue weighted by molar-refractivity contribution is 5.82. The maximum absolute atomic E-state index is 12.6. The lowest BCUT2D eigenvalue weighted by Crippen LogP contribution is -2.31. The highest BCUT2D eigenvalue weighted by Crippen LogP contribution is 2.23. The molecule has 3 aromatic heterocycles. The number of carbonyl (C=O) groups excluding carboxylic acids is 1. The molecular formula is C32H37N5O3. The van der Waals surface area contributed by atoms with Gasteiger partial charge in [0, 0.05) is 42.3 Å². The van der Waals surface area contributed by atoms with Gasteiger partial charge in [0.2, 0.25) is 5.88 Å². The van der Waals surface area contributed by atoms with Crippen LogP contribution < -0.4 is 4.74 Å². The third kappa shape index (κ3) is 7.16. The Morgan fingerprint density at radius 1 is 1.05 bits per heavy atom. The summed E-state index contributed by atoms with van der Waals surface area (Å²) in [5, 5.41) is 8.52. The Morgan fingerprint density at radius 2 is 1.85 bits per heavy atom. The summed E-state index contributed by atoms with van der Waals surface area (Å²) in [6.45, 7) is 10.3. The minimum Gasteiger partial charge on any atom is -0.477 e. The molecule has 40 heavy (non-hydrogen) atoms. The zero-order chi connectivity index (χ0) is 28.0. The standard InChI is InChI=1S/C32H37N5O3/c1-32(2,3)29-22-27(35-40-29)21-28(38)20-25-10-8-24(9-11-25)12-13-26-23-34-37-30(14-15-33-31(26)37)39-19-7-18-36-16-5-4-6-17-36/h8-11,14-15,22-23H,4-7,16-21H2,1-3H3. The maximum Gasteiger partial charge on any atom is 0.217 e. The number of hydrogen-bond donors (Lipinski definition) is 0. The van der Waals surface area contributed by atoms with Crippen LogP contribution in [0.5, 0.6) is 5.88 Å². The van der Waals surface area contributed by atoms with Crippen molar-refractivity contribution in [2.75, 3.05) is 26.2 Å². The second-order valence-corrected chi connectivity index (χ2v) is 11.5. The van der Waals surface area contributed by atoms with Crippen LogP contribution in [0, 0.1) is 11.8 Å². The van der Waals surface area contributed by atoms with E-state index >= 15 is 0 Å². The molecule has 8 heteroatoms. The van der Waals surface area contributed by atoms with Gasteiger partial charge in [-0.2, -0.15) is 9.61 Å². The molecule has 0 N–H and O–H groups in total. The molecule has 8 nitrogen and oxygen atoms in total. The van der Waals surface area contributed by atoms with Crippen LogP contribution in [-0.4, -0.2) is 56.7 Å². The van der Waals surface area contributed by atoms with Crippen molar-refractivity contribution < 1.29 is 14.1 Å². The summed E-state index contributed by atoms with van der Waals surface area (Å²) in [6.07, 6.45) is 8.99. The fourth-order valence-corrected chi connectivity index (χ4v) is 4.80. The topological polar surface area (TPSA) is 85.8 Å². The van der Waals surface area contributed by atoms with Crippen molar-refractivity contribution in [1.82, 2.24) is 24.7 Å². The van der Waals surface area contributed by atoms with E-state index in [0.29, 0.717) is 30.2 Å². The molecule has 4 aromatic rings. The van der Waals surface area contributed by atoms with Gasteiger partial charge < -0.3 is 14.2 Å². The Kier molecular flexibility index (Phi) is 8.61. The van der Waals surface area contributed by atoms with Gasteiger partial charge in [-0.25, -0.2) is 4.98 Å². The summed E-state index contributed by atoms with van der Waals surface area (Å²) in [4.78, 5) is 19.6. The van der Waals surface area contributed by atoms with Crippen molar-refractivity contribution in [3.05, 3.63) is 76.9 Å². The summed E-state index contributed by atoms with van der Waals surface area (Å²) < 4.78 is 13.1. The van der Waals surface area contributed by atoms with E-state index in [-0.39, 0.29) is 17.6 Å². The first-order chi connectivity index (χ1) is 19.3. The average molecular weight is 540 g/mol. The molecule has 5 rings (SSSR count). The smallest absolute Gasteiger partial charge is 0.217 e. The summed E-state index contributed by atoms with van der Waals surface area (Å²) in [5.41, 5.74) is 3.74. The lowest BCUT2D eigenvalue weighted by atomic mass is 9.93. The molecule has 0 amide bonds. The summed E-state index contributed by atoms with van der Waals surface area (Å²) in [5.74, 6) is 7.92. The predicted octanol–water partition coefficient (Wildman–Crippen LogP) is 5.02. The van der Waals surface area contributed by atoms with Crippen LogP contribution in [-0.2, 0) is 23.1 Å². The molecule has 1 fully saturated rings. The predicted molar refractivity (Wildman–Crippen MR) is 153 cm³/mol. The second-order valence-electron chi connectivity index (χ2n) is 11.5. The van der Waals surface area contributed by atoms with E-state index in [4.69, 9.17) is 9.26 Å². The fourth-order valence-electron chi connectivity index (χ4n) is 4.80. The average Bonchev–Trinajstić information content (AvgIpc) is 3.59. The Bertz CT molecular complexity index is 1500. The first-order valence-electron chi connectivity index (χ1n) is 14.1. The molecule has 1 aromatic carbocycles. The highest BCUT2D eigenvalue weighted by atomic mass is 16.5. The van der Waals surface area contributed by atoms with Crippen molar-refractivity contribution >= 4 is 11.4 Å². The lowest BCUT2D eigenvalue weighted by molar-refractivity contribution is -0.117. The number of likely N-dealkylation sites (tertiary alicyclic amines) is 1. The van der Waals surface area contributed by atoms with Gasteiger partial charge in [0.05, 0.1) is 30.5 Å². The molecule has 0 unspecified atom stereocenters. The van der Waals surface area contributed by atoms with E-state index in [2.05, 4.69) is 52.8 Å². The molecule has 1 aliphatic heterocycles. The van der Waals surface area contributed by atoms with Crippen molar-refractivity contribution in [3.8, 4) is 17.7 Å². The van der Waals surface area contributed by atoms with Gasteiger partial charge in [0.25, 0.3) is 0 Å². The third-order valence-corrected chi connectivity index (χ3v) is 7.06. The van der Waals surface area contributed by atoms with Crippen LogP contribution in [0.2, 0.25) is 0 Å². The number of ether oxygens (including phenoxy) is 1. The number of aromatic nitrogens is 4. The van der Waals surface area contributed by atoms with E-state index < -0.39 is 0 Å². The summed E-state index contributed by atoms with van der Waals surface area (Å²) >= 11 is 0. The number of rotatable bonds is 9. The lowest BCUT2D eigenvalue weighted by Gasteiger charge is -2.26. The van der Waals surface area contributed by atoms with E-state index in [1.54, 1.807) is 16.9 Å². The Morgan fingerprint density at radius 3 is 2.60 bits per heavy atom. The van der Waals surface area contributed by atoms with Crippen molar-refractivity contribution in [2.45, 2.75) is 64.7 Å². The molecule has 0 spiro atoms. The highest BCUT2D eigenvalue weighted by Gasteiger charge is 2.20. The van der Waals surface area contributed by atoms with Crippen LogP contribution in [0.3, 0.4) is 0 Å². The van der Waals surface area contributed by atoms with Gasteiger partial charge in [-0.05, 0) is 50.0 Å². The molecule has 1 aliphatic rings. The molecule has 0 saturated carbocycles. The molecule has 0 bridgehead atoms. The van der Waals surface area contributed by atoms with Crippen molar-refractivity contribution in [3.63, 3.8) is 0 Å². The number of nitrogens with zero attached hydrogens (tertiary/aromatic N) is 5. The minimum atomic E-state index is -0.132. The normalized spacial score (nSPS) is 14.2. The molecule has 0 atom stereocenters. The van der Waals surface area contributed by atoms with Crippen LogP contribution in [0.4, 0.5) is 0 Å². The first kappa shape index (κ1) is 27.6. The second kappa shape index (κ2) is 12.5. The van der Waals surface area contributed by atoms with E-state index in [1.165, 1.54) is 32.4 Å². The van der Waals surface area contributed by atoms with Gasteiger partial charge in [-0.3, -0.25) is 4.79 Å². The number of Topliss-reactive ketones (excluding diaryl/α,β-unsaturated/α-hetero) is 1. The quantitative estimate of drug-likeness (QED) is 0.218. The molecule has 0 radical (unpaired) electrons. The Labute approximate surface area is 235 Å². The Hall–Kier alpha value is -3.96. The molecule has 0 aliphatic carbocycles. The molecule has 1 saturated heterocycles. The number of benzene rings is 1. The van der Waals surface area contributed by atoms with Crippen LogP contribution in [0.1, 0.15) is 74.6 Å². The van der Waals surface area contributed by atoms with Gasteiger partial charge in [0.15, 0.2) is 5.65 Å². The van der Waals surface area contributed by atoms with E-state index in [1.807, 2.05) is 36.4 Å². The number of carbonyl (C=O) groups is 1.